The smallest absolute Gasteiger partial charge is 0.251 e. The van der Waals surface area contributed by atoms with Crippen LogP contribution >= 0.6 is 11.6 Å². The van der Waals surface area contributed by atoms with Crippen LogP contribution in [0.1, 0.15) is 35.2 Å². The number of halogens is 1. The van der Waals surface area contributed by atoms with Crippen LogP contribution in [0.5, 0.6) is 0 Å². The summed E-state index contributed by atoms with van der Waals surface area (Å²) < 4.78 is 0. The summed E-state index contributed by atoms with van der Waals surface area (Å²) in [5, 5.41) is 3.69. The van der Waals surface area contributed by atoms with E-state index in [4.69, 9.17) is 11.6 Å². The number of nitrogens with one attached hydrogen (secondary N) is 1. The number of nitrogens with zero attached hydrogens (tertiary/aromatic N) is 3. The third kappa shape index (κ3) is 5.16. The third-order valence-electron chi connectivity index (χ3n) is 5.39. The van der Waals surface area contributed by atoms with Crippen LogP contribution in [0.25, 0.3) is 11.3 Å². The maximum atomic E-state index is 12.4. The van der Waals surface area contributed by atoms with Crippen molar-refractivity contribution in [3.8, 4) is 11.3 Å². The molecule has 1 fully saturated rings. The largest absolute Gasteiger partial charge is 0.357 e. The Balaban J connectivity index is 1.36. The van der Waals surface area contributed by atoms with Gasteiger partial charge >= 0.3 is 0 Å². The number of hydrogen-bond donors (Lipinski definition) is 1. The molecule has 6 heteroatoms. The van der Waals surface area contributed by atoms with Gasteiger partial charge in [0, 0.05) is 41.9 Å². The molecule has 1 N–H and O–H groups in total. The van der Waals surface area contributed by atoms with Crippen molar-refractivity contribution in [1.82, 2.24) is 15.3 Å². The van der Waals surface area contributed by atoms with Gasteiger partial charge in [0.2, 0.25) is 0 Å². The molecule has 2 heterocycles. The number of rotatable bonds is 6. The number of carbonyl (C=O) groups excluding carboxylic acids is 1. The summed E-state index contributed by atoms with van der Waals surface area (Å²) in [6.45, 7) is 2.67. The summed E-state index contributed by atoms with van der Waals surface area (Å²) in [6, 6.07) is 17.3. The second-order valence-corrected chi connectivity index (χ2v) is 7.96. The lowest BCUT2D eigenvalue weighted by Crippen LogP contribution is -2.30. The molecule has 1 aliphatic heterocycles. The molecule has 1 aromatic heterocycles. The molecule has 0 spiro atoms. The molecule has 0 atom stereocenters. The fraction of sp³-hybridized carbons (Fsp3) is 0.292. The first-order valence-corrected chi connectivity index (χ1v) is 10.8. The van der Waals surface area contributed by atoms with Crippen molar-refractivity contribution in [3.63, 3.8) is 0 Å². The topological polar surface area (TPSA) is 58.1 Å². The normalized spacial score (nSPS) is 13.8. The van der Waals surface area contributed by atoms with Crippen molar-refractivity contribution in [2.45, 2.75) is 25.7 Å². The zero-order valence-electron chi connectivity index (χ0n) is 16.9. The molecule has 5 nitrogen and oxygen atoms in total. The van der Waals surface area contributed by atoms with E-state index in [1.165, 1.54) is 19.3 Å². The van der Waals surface area contributed by atoms with E-state index in [1.54, 1.807) is 6.33 Å². The number of aromatic nitrogens is 2. The Bertz CT molecular complexity index is 983. The first-order chi connectivity index (χ1) is 14.7. The van der Waals surface area contributed by atoms with E-state index < -0.39 is 0 Å². The molecule has 0 saturated carbocycles. The summed E-state index contributed by atoms with van der Waals surface area (Å²) in [4.78, 5) is 23.6. The zero-order valence-corrected chi connectivity index (χ0v) is 17.6. The van der Waals surface area contributed by atoms with Crippen LogP contribution in [-0.2, 0) is 6.42 Å². The third-order valence-corrected chi connectivity index (χ3v) is 5.64. The fourth-order valence-electron chi connectivity index (χ4n) is 3.67. The zero-order chi connectivity index (χ0) is 20.8. The summed E-state index contributed by atoms with van der Waals surface area (Å²) in [5.74, 6) is 0.899. The number of carbonyl (C=O) groups is 1. The lowest BCUT2D eigenvalue weighted by molar-refractivity contribution is 0.0954. The molecule has 154 valence electrons. The molecular weight excluding hydrogens is 396 g/mol. The van der Waals surface area contributed by atoms with Gasteiger partial charge in [-0.1, -0.05) is 35.9 Å². The molecule has 2 aromatic carbocycles. The van der Waals surface area contributed by atoms with Gasteiger partial charge in [0.15, 0.2) is 0 Å². The van der Waals surface area contributed by atoms with Gasteiger partial charge in [-0.3, -0.25) is 4.79 Å². The highest BCUT2D eigenvalue weighted by Crippen LogP contribution is 2.23. The van der Waals surface area contributed by atoms with Gasteiger partial charge in [0.05, 0.1) is 5.69 Å². The molecule has 0 bridgehead atoms. The number of piperidine rings is 1. The van der Waals surface area contributed by atoms with E-state index in [9.17, 15) is 4.79 Å². The van der Waals surface area contributed by atoms with E-state index in [2.05, 4.69) is 20.2 Å². The average molecular weight is 421 g/mol. The predicted octanol–water partition coefficient (Wildman–Crippen LogP) is 4.76. The summed E-state index contributed by atoms with van der Waals surface area (Å²) in [5.41, 5.74) is 3.64. The SMILES string of the molecule is O=C(NCCc1ccc(Cl)cc1)c1ccc(-c2cc(N3CCCCC3)ncn2)cc1. The van der Waals surface area contributed by atoms with Gasteiger partial charge in [-0.2, -0.15) is 0 Å². The van der Waals surface area contributed by atoms with Gasteiger partial charge in [-0.05, 0) is 55.5 Å². The van der Waals surface area contributed by atoms with E-state index >= 15 is 0 Å². The minimum absolute atomic E-state index is 0.0767. The molecule has 1 amide bonds. The molecule has 1 saturated heterocycles. The van der Waals surface area contributed by atoms with Crippen molar-refractivity contribution in [2.75, 3.05) is 24.5 Å². The molecule has 0 radical (unpaired) electrons. The lowest BCUT2D eigenvalue weighted by Gasteiger charge is -2.27. The Morgan fingerprint density at radius 3 is 2.43 bits per heavy atom. The number of benzene rings is 2. The van der Waals surface area contributed by atoms with Crippen LogP contribution in [0.3, 0.4) is 0 Å². The minimum Gasteiger partial charge on any atom is -0.357 e. The summed E-state index contributed by atoms with van der Waals surface area (Å²) >= 11 is 5.90. The number of anilines is 1. The van der Waals surface area contributed by atoms with Crippen LogP contribution in [0.2, 0.25) is 5.02 Å². The molecular formula is C24H25ClN4O. The van der Waals surface area contributed by atoms with Crippen molar-refractivity contribution in [2.24, 2.45) is 0 Å². The maximum Gasteiger partial charge on any atom is 0.251 e. The summed E-state index contributed by atoms with van der Waals surface area (Å²) in [6.07, 6.45) is 6.10. The molecule has 0 unspecified atom stereocenters. The van der Waals surface area contributed by atoms with Crippen molar-refractivity contribution < 1.29 is 4.79 Å². The predicted molar refractivity (Wildman–Crippen MR) is 121 cm³/mol. The first kappa shape index (κ1) is 20.4. The Kier molecular flexibility index (Phi) is 6.60. The fourth-order valence-corrected chi connectivity index (χ4v) is 3.79. The standard InChI is InChI=1S/C24H25ClN4O/c25-21-10-4-18(5-11-21)12-13-26-24(30)20-8-6-19(7-9-20)22-16-23(28-17-27-22)29-14-2-1-3-15-29/h4-11,16-17H,1-3,12-15H2,(H,26,30). The van der Waals surface area contributed by atoms with Crippen LogP contribution in [-0.4, -0.2) is 35.5 Å². The highest BCUT2D eigenvalue weighted by Gasteiger charge is 2.13. The number of amides is 1. The quantitative estimate of drug-likeness (QED) is 0.624. The second kappa shape index (κ2) is 9.72. The van der Waals surface area contributed by atoms with Gasteiger partial charge < -0.3 is 10.2 Å². The van der Waals surface area contributed by atoms with Crippen molar-refractivity contribution in [1.29, 1.82) is 0 Å². The highest BCUT2D eigenvalue weighted by molar-refractivity contribution is 6.30. The molecule has 30 heavy (non-hydrogen) atoms. The minimum atomic E-state index is -0.0767. The van der Waals surface area contributed by atoms with Gasteiger partial charge in [0.25, 0.3) is 5.91 Å². The van der Waals surface area contributed by atoms with Crippen LogP contribution < -0.4 is 10.2 Å². The van der Waals surface area contributed by atoms with E-state index in [0.717, 1.165) is 47.2 Å². The molecule has 4 rings (SSSR count). The summed E-state index contributed by atoms with van der Waals surface area (Å²) in [7, 11) is 0. The molecule has 3 aromatic rings. The van der Waals surface area contributed by atoms with E-state index in [-0.39, 0.29) is 5.91 Å². The van der Waals surface area contributed by atoms with Gasteiger partial charge in [-0.25, -0.2) is 9.97 Å². The lowest BCUT2D eigenvalue weighted by atomic mass is 10.1. The molecule has 0 aliphatic carbocycles. The van der Waals surface area contributed by atoms with E-state index in [1.807, 2.05) is 54.6 Å². The van der Waals surface area contributed by atoms with Gasteiger partial charge in [-0.15, -0.1) is 0 Å². The van der Waals surface area contributed by atoms with Crippen LogP contribution in [0, 0.1) is 0 Å². The van der Waals surface area contributed by atoms with Gasteiger partial charge in [0.1, 0.15) is 12.1 Å². The molecule has 1 aliphatic rings. The number of hydrogen-bond acceptors (Lipinski definition) is 4. The van der Waals surface area contributed by atoms with Crippen molar-refractivity contribution >= 4 is 23.3 Å². The van der Waals surface area contributed by atoms with Crippen molar-refractivity contribution in [3.05, 3.63) is 77.1 Å². The Morgan fingerprint density at radius 2 is 1.70 bits per heavy atom. The van der Waals surface area contributed by atoms with E-state index in [0.29, 0.717) is 12.1 Å². The average Bonchev–Trinajstić information content (AvgIpc) is 2.81. The van der Waals surface area contributed by atoms with Crippen LogP contribution in [0.4, 0.5) is 5.82 Å². The second-order valence-electron chi connectivity index (χ2n) is 7.52. The monoisotopic (exact) mass is 420 g/mol. The maximum absolute atomic E-state index is 12.4. The van der Waals surface area contributed by atoms with Crippen LogP contribution in [0.15, 0.2) is 60.9 Å². The Labute approximate surface area is 182 Å². The Hall–Kier alpha value is -2.92. The Morgan fingerprint density at radius 1 is 0.967 bits per heavy atom. The first-order valence-electron chi connectivity index (χ1n) is 10.4. The highest BCUT2D eigenvalue weighted by atomic mass is 35.5.